The first kappa shape index (κ1) is 54.0. The number of carbonyl (C=O) groups is 7. The maximum Gasteiger partial charge on any atom is 0.326 e. The van der Waals surface area contributed by atoms with Gasteiger partial charge in [0.05, 0.1) is 12.6 Å². The van der Waals surface area contributed by atoms with E-state index in [9.17, 15) is 38.7 Å². The van der Waals surface area contributed by atoms with E-state index in [1.165, 1.54) is 0 Å². The fraction of sp³-hybridized carbons (Fsp3) is 0.545. The number of guanidine groups is 1. The van der Waals surface area contributed by atoms with Crippen LogP contribution >= 0.6 is 0 Å². The normalized spacial score (nSPS) is 13.8. The highest BCUT2D eigenvalue weighted by atomic mass is 16.4. The van der Waals surface area contributed by atoms with Gasteiger partial charge in [-0.15, -0.1) is 0 Å². The number of unbranched alkanes of at least 4 members (excludes halogenated alkanes) is 2. The molecule has 17 N–H and O–H groups in total. The second-order valence-corrected chi connectivity index (χ2v) is 16.1. The molecule has 0 heterocycles. The largest absolute Gasteiger partial charge is 0.480 e. The second-order valence-electron chi connectivity index (χ2n) is 16.1. The van der Waals surface area contributed by atoms with E-state index in [1.54, 1.807) is 60.7 Å². The number of carboxylic acids is 1. The van der Waals surface area contributed by atoms with Gasteiger partial charge >= 0.3 is 5.97 Å². The Kier molecular flexibility index (Phi) is 25.4. The summed E-state index contributed by atoms with van der Waals surface area (Å²) in [5.74, 6) is -5.56. The van der Waals surface area contributed by atoms with Crippen LogP contribution < -0.4 is 60.6 Å². The van der Waals surface area contributed by atoms with E-state index in [0.29, 0.717) is 56.3 Å². The number of amides is 6. The monoisotopic (exact) mass is 895 g/mol. The first-order chi connectivity index (χ1) is 30.5. The van der Waals surface area contributed by atoms with Crippen LogP contribution in [0, 0.1) is 5.92 Å². The zero-order valence-corrected chi connectivity index (χ0v) is 37.1. The Bertz CT molecular complexity index is 1800. The highest BCUT2D eigenvalue weighted by Gasteiger charge is 2.32. The van der Waals surface area contributed by atoms with Crippen molar-refractivity contribution in [1.29, 1.82) is 0 Å². The highest BCUT2D eigenvalue weighted by Crippen LogP contribution is 2.11. The van der Waals surface area contributed by atoms with Gasteiger partial charge in [-0.05, 0) is 81.5 Å². The fourth-order valence-corrected chi connectivity index (χ4v) is 6.61. The molecule has 0 saturated heterocycles. The SMILES string of the molecule is CC(C)CC(NC(=O)C(N)CCCCN)C(=O)NC(CCCN=C(N)N)C(=O)NC(Cc1ccccc1)C(=O)NCC(=O)NC(Cc1ccccc1)C(=O)NC(CCCCN)C(=O)O. The van der Waals surface area contributed by atoms with Gasteiger partial charge in [0.2, 0.25) is 35.4 Å². The zero-order valence-electron chi connectivity index (χ0n) is 37.1. The summed E-state index contributed by atoms with van der Waals surface area (Å²) in [6.45, 7) is 4.08. The standard InChI is InChI=1S/C44H70N12O8/c1-28(2)24-34(55-38(58)31(47)18-9-11-21-45)41(61)53-32(20-13-23-50-44(48)49)40(60)56-35(25-29-14-5-3-6-15-29)39(59)51-27-37(57)52-36(26-30-16-7-4-8-17-30)42(62)54-33(43(63)64)19-10-12-22-46/h3-8,14-17,28,31-36H,9-13,18-27,45-47H2,1-2H3,(H,51,59)(H,52,57)(H,53,61)(H,54,62)(H,55,58)(H,56,60)(H,63,64)(H4,48,49,50). The van der Waals surface area contributed by atoms with Crippen LogP contribution in [-0.4, -0.2) is 115 Å². The molecule has 64 heavy (non-hydrogen) atoms. The van der Waals surface area contributed by atoms with Crippen molar-refractivity contribution in [2.75, 3.05) is 26.2 Å². The van der Waals surface area contributed by atoms with Crippen molar-refractivity contribution in [3.63, 3.8) is 0 Å². The third kappa shape index (κ3) is 21.8. The third-order valence-electron chi connectivity index (χ3n) is 10.1. The maximum absolute atomic E-state index is 14.1. The van der Waals surface area contributed by atoms with Crippen molar-refractivity contribution < 1.29 is 38.7 Å². The molecule has 6 atom stereocenters. The van der Waals surface area contributed by atoms with Crippen LogP contribution in [0.1, 0.15) is 82.8 Å². The van der Waals surface area contributed by atoms with E-state index in [-0.39, 0.29) is 56.9 Å². The summed E-state index contributed by atoms with van der Waals surface area (Å²) < 4.78 is 0. The molecule has 0 aromatic heterocycles. The van der Waals surface area contributed by atoms with Gasteiger partial charge in [-0.1, -0.05) is 80.9 Å². The number of nitrogens with zero attached hydrogens (tertiary/aromatic N) is 1. The van der Waals surface area contributed by atoms with Crippen LogP contribution in [0.3, 0.4) is 0 Å². The lowest BCUT2D eigenvalue weighted by atomic mass is 10.0. The minimum absolute atomic E-state index is 0.0114. The van der Waals surface area contributed by atoms with Crippen molar-refractivity contribution in [3.8, 4) is 0 Å². The number of nitrogens with one attached hydrogen (secondary N) is 6. The van der Waals surface area contributed by atoms with Crippen LogP contribution in [0.2, 0.25) is 0 Å². The minimum Gasteiger partial charge on any atom is -0.480 e. The fourth-order valence-electron chi connectivity index (χ4n) is 6.61. The van der Waals surface area contributed by atoms with Gasteiger partial charge in [0, 0.05) is 19.4 Å². The smallest absolute Gasteiger partial charge is 0.326 e. The van der Waals surface area contributed by atoms with Gasteiger partial charge in [-0.2, -0.15) is 0 Å². The Morgan fingerprint density at radius 3 is 1.58 bits per heavy atom. The minimum atomic E-state index is -1.26. The molecule has 2 aromatic rings. The van der Waals surface area contributed by atoms with E-state index in [4.69, 9.17) is 28.7 Å². The van der Waals surface area contributed by atoms with Crippen molar-refractivity contribution in [1.82, 2.24) is 31.9 Å². The molecule has 2 aromatic carbocycles. The van der Waals surface area contributed by atoms with Gasteiger partial charge in [0.1, 0.15) is 30.2 Å². The van der Waals surface area contributed by atoms with Crippen LogP contribution in [0.25, 0.3) is 0 Å². The molecule has 0 aliphatic carbocycles. The molecule has 6 amide bonds. The first-order valence-electron chi connectivity index (χ1n) is 21.8. The highest BCUT2D eigenvalue weighted by molar-refractivity contribution is 5.96. The molecule has 354 valence electrons. The molecule has 0 spiro atoms. The molecule has 6 unspecified atom stereocenters. The van der Waals surface area contributed by atoms with Gasteiger partial charge in [0.25, 0.3) is 0 Å². The van der Waals surface area contributed by atoms with E-state index in [0.717, 1.165) is 0 Å². The Morgan fingerprint density at radius 1 is 0.578 bits per heavy atom. The Balaban J connectivity index is 2.32. The maximum atomic E-state index is 14.1. The molecular weight excluding hydrogens is 825 g/mol. The number of hydrogen-bond acceptors (Lipinski definition) is 11. The second kappa shape index (κ2) is 30.1. The lowest BCUT2D eigenvalue weighted by Gasteiger charge is -2.27. The van der Waals surface area contributed by atoms with E-state index >= 15 is 0 Å². The van der Waals surface area contributed by atoms with Crippen molar-refractivity contribution in [2.24, 2.45) is 39.6 Å². The number of aliphatic carboxylic acids is 1. The molecule has 0 aliphatic heterocycles. The topological polar surface area (TPSA) is 354 Å². The van der Waals surface area contributed by atoms with Crippen molar-refractivity contribution in [3.05, 3.63) is 71.8 Å². The van der Waals surface area contributed by atoms with Gasteiger partial charge in [-0.25, -0.2) is 4.79 Å². The molecule has 0 bridgehead atoms. The molecular formula is C44H70N12O8. The average Bonchev–Trinajstić information content (AvgIpc) is 3.25. The summed E-state index contributed by atoms with van der Waals surface area (Å²) in [4.78, 5) is 97.6. The Morgan fingerprint density at radius 2 is 1.05 bits per heavy atom. The van der Waals surface area contributed by atoms with Gasteiger partial charge in [0.15, 0.2) is 5.96 Å². The predicted molar refractivity (Wildman–Crippen MR) is 244 cm³/mol. The van der Waals surface area contributed by atoms with Gasteiger partial charge < -0.3 is 65.7 Å². The third-order valence-corrected chi connectivity index (χ3v) is 10.1. The molecule has 2 rings (SSSR count). The summed E-state index contributed by atoms with van der Waals surface area (Å²) >= 11 is 0. The molecule has 20 nitrogen and oxygen atoms in total. The first-order valence-corrected chi connectivity index (χ1v) is 21.8. The number of benzene rings is 2. The van der Waals surface area contributed by atoms with Crippen molar-refractivity contribution >= 4 is 47.4 Å². The molecule has 20 heteroatoms. The van der Waals surface area contributed by atoms with E-state index < -0.39 is 84.2 Å². The van der Waals surface area contributed by atoms with Crippen LogP contribution in [0.5, 0.6) is 0 Å². The summed E-state index contributed by atoms with van der Waals surface area (Å²) in [5.41, 5.74) is 29.6. The van der Waals surface area contributed by atoms with Crippen LogP contribution in [0.15, 0.2) is 65.7 Å². The quantitative estimate of drug-likeness (QED) is 0.0240. The average molecular weight is 895 g/mol. The summed E-state index contributed by atoms with van der Waals surface area (Å²) in [5, 5.41) is 25.6. The van der Waals surface area contributed by atoms with Crippen molar-refractivity contribution in [2.45, 2.75) is 121 Å². The van der Waals surface area contributed by atoms with Crippen LogP contribution in [-0.2, 0) is 46.4 Å². The van der Waals surface area contributed by atoms with Crippen LogP contribution in [0.4, 0.5) is 0 Å². The number of hydrogen-bond donors (Lipinski definition) is 12. The number of nitrogens with two attached hydrogens (primary N) is 5. The Hall–Kier alpha value is -6.12. The Labute approximate surface area is 375 Å². The molecule has 0 aliphatic rings. The molecule has 0 radical (unpaired) electrons. The molecule has 0 saturated carbocycles. The van der Waals surface area contributed by atoms with E-state index in [1.807, 2.05) is 13.8 Å². The summed E-state index contributed by atoms with van der Waals surface area (Å²) in [7, 11) is 0. The van der Waals surface area contributed by atoms with Gasteiger partial charge in [-0.3, -0.25) is 33.8 Å². The number of rotatable bonds is 31. The lowest BCUT2D eigenvalue weighted by Crippen LogP contribution is -2.58. The number of carboxylic acid groups (broad SMARTS) is 1. The number of carbonyl (C=O) groups excluding carboxylic acids is 6. The molecule has 0 fully saturated rings. The zero-order chi connectivity index (χ0) is 47.4. The summed E-state index contributed by atoms with van der Waals surface area (Å²) in [6, 6.07) is 10.8. The predicted octanol–water partition coefficient (Wildman–Crippen LogP) is -1.22. The summed E-state index contributed by atoms with van der Waals surface area (Å²) in [6.07, 6.45) is 3.38. The van der Waals surface area contributed by atoms with E-state index in [2.05, 4.69) is 36.9 Å². The lowest BCUT2D eigenvalue weighted by molar-refractivity contribution is -0.142. The number of aliphatic imine (C=N–C) groups is 1.